The summed E-state index contributed by atoms with van der Waals surface area (Å²) in [6, 6.07) is 2.87. The number of rotatable bonds is 3. The van der Waals surface area contributed by atoms with Gasteiger partial charge in [0.1, 0.15) is 0 Å². The van der Waals surface area contributed by atoms with Crippen LogP contribution in [0.2, 0.25) is 0 Å². The average molecular weight is 311 g/mol. The highest BCUT2D eigenvalue weighted by Crippen LogP contribution is 2.32. The summed E-state index contributed by atoms with van der Waals surface area (Å²) >= 11 is 3.02. The predicted molar refractivity (Wildman–Crippen MR) is 59.7 cm³/mol. The maximum absolute atomic E-state index is 12.4. The van der Waals surface area contributed by atoms with E-state index in [1.807, 2.05) is 0 Å². The Balaban J connectivity index is 3.02. The molecular formula is C11H10BrF3O2. The van der Waals surface area contributed by atoms with E-state index in [-0.39, 0.29) is 16.6 Å². The van der Waals surface area contributed by atoms with Crippen molar-refractivity contribution in [2.24, 2.45) is 0 Å². The number of ether oxygens (including phenoxy) is 1. The average Bonchev–Trinajstić information content (AvgIpc) is 2.24. The van der Waals surface area contributed by atoms with Gasteiger partial charge in [0.25, 0.3) is 0 Å². The van der Waals surface area contributed by atoms with Crippen molar-refractivity contribution in [1.29, 1.82) is 0 Å². The molecule has 0 saturated heterocycles. The van der Waals surface area contributed by atoms with Crippen molar-refractivity contribution in [2.75, 3.05) is 6.61 Å². The summed E-state index contributed by atoms with van der Waals surface area (Å²) in [5, 5.41) is 0. The summed E-state index contributed by atoms with van der Waals surface area (Å²) in [6.45, 7) is 1.98. The SMILES string of the molecule is CCCOC(=O)c1cc(C(F)(F)F)ccc1Br. The fourth-order valence-corrected chi connectivity index (χ4v) is 1.54. The largest absolute Gasteiger partial charge is 0.462 e. The Labute approximate surface area is 105 Å². The van der Waals surface area contributed by atoms with Gasteiger partial charge >= 0.3 is 12.1 Å². The summed E-state index contributed by atoms with van der Waals surface area (Å²) in [5.41, 5.74) is -0.988. The van der Waals surface area contributed by atoms with Gasteiger partial charge in [-0.3, -0.25) is 0 Å². The Morgan fingerprint density at radius 2 is 2.06 bits per heavy atom. The second-order valence-corrected chi connectivity index (χ2v) is 4.18. The van der Waals surface area contributed by atoms with E-state index < -0.39 is 17.7 Å². The highest BCUT2D eigenvalue weighted by atomic mass is 79.9. The van der Waals surface area contributed by atoms with Crippen molar-refractivity contribution in [3.8, 4) is 0 Å². The van der Waals surface area contributed by atoms with Gasteiger partial charge in [0.05, 0.1) is 17.7 Å². The molecule has 1 aromatic carbocycles. The van der Waals surface area contributed by atoms with E-state index >= 15 is 0 Å². The molecule has 0 atom stereocenters. The first-order valence-electron chi connectivity index (χ1n) is 4.90. The van der Waals surface area contributed by atoms with Crippen LogP contribution in [0.15, 0.2) is 22.7 Å². The molecule has 1 rings (SSSR count). The first-order chi connectivity index (χ1) is 7.86. The number of esters is 1. The molecule has 94 valence electrons. The molecular weight excluding hydrogens is 301 g/mol. The number of hydrogen-bond acceptors (Lipinski definition) is 2. The van der Waals surface area contributed by atoms with Crippen LogP contribution in [0, 0.1) is 0 Å². The lowest BCUT2D eigenvalue weighted by molar-refractivity contribution is -0.137. The minimum Gasteiger partial charge on any atom is -0.462 e. The van der Waals surface area contributed by atoms with Gasteiger partial charge in [0.2, 0.25) is 0 Å². The molecule has 0 aliphatic rings. The van der Waals surface area contributed by atoms with Crippen molar-refractivity contribution in [1.82, 2.24) is 0 Å². The Bertz CT molecular complexity index is 416. The highest BCUT2D eigenvalue weighted by Gasteiger charge is 2.31. The van der Waals surface area contributed by atoms with Gasteiger partial charge in [-0.05, 0) is 40.5 Å². The topological polar surface area (TPSA) is 26.3 Å². The maximum atomic E-state index is 12.4. The van der Waals surface area contributed by atoms with Crippen LogP contribution < -0.4 is 0 Å². The summed E-state index contributed by atoms with van der Waals surface area (Å²) < 4.78 is 42.4. The Kier molecular flexibility index (Phi) is 4.56. The number of benzene rings is 1. The lowest BCUT2D eigenvalue weighted by Gasteiger charge is -2.10. The zero-order valence-corrected chi connectivity index (χ0v) is 10.6. The van der Waals surface area contributed by atoms with Crippen LogP contribution in [0.5, 0.6) is 0 Å². The molecule has 17 heavy (non-hydrogen) atoms. The van der Waals surface area contributed by atoms with E-state index in [0.29, 0.717) is 6.42 Å². The smallest absolute Gasteiger partial charge is 0.416 e. The van der Waals surface area contributed by atoms with Crippen molar-refractivity contribution < 1.29 is 22.7 Å². The van der Waals surface area contributed by atoms with Crippen molar-refractivity contribution >= 4 is 21.9 Å². The van der Waals surface area contributed by atoms with E-state index in [0.717, 1.165) is 12.1 Å². The molecule has 0 aliphatic carbocycles. The van der Waals surface area contributed by atoms with Crippen LogP contribution in [0.1, 0.15) is 29.3 Å². The highest BCUT2D eigenvalue weighted by molar-refractivity contribution is 9.10. The number of halogens is 4. The van der Waals surface area contributed by atoms with E-state index in [4.69, 9.17) is 4.74 Å². The molecule has 0 N–H and O–H groups in total. The first kappa shape index (κ1) is 14.0. The monoisotopic (exact) mass is 310 g/mol. The van der Waals surface area contributed by atoms with Crippen LogP contribution in [0.25, 0.3) is 0 Å². The minimum absolute atomic E-state index is 0.117. The zero-order chi connectivity index (χ0) is 13.1. The Morgan fingerprint density at radius 1 is 1.41 bits per heavy atom. The van der Waals surface area contributed by atoms with Crippen LogP contribution in [0.4, 0.5) is 13.2 Å². The standard InChI is InChI=1S/C11H10BrF3O2/c1-2-5-17-10(16)8-6-7(11(13,14)15)3-4-9(8)12/h3-4,6H,2,5H2,1H3. The lowest BCUT2D eigenvalue weighted by Crippen LogP contribution is -2.10. The molecule has 0 radical (unpaired) electrons. The molecule has 0 bridgehead atoms. The molecule has 0 saturated carbocycles. The van der Waals surface area contributed by atoms with Crippen molar-refractivity contribution in [2.45, 2.75) is 19.5 Å². The van der Waals surface area contributed by atoms with Gasteiger partial charge in [-0.25, -0.2) is 4.79 Å². The summed E-state index contributed by atoms with van der Waals surface area (Å²) in [4.78, 5) is 11.5. The minimum atomic E-state index is -4.47. The molecule has 0 aliphatic heterocycles. The quantitative estimate of drug-likeness (QED) is 0.788. The van der Waals surface area contributed by atoms with E-state index in [9.17, 15) is 18.0 Å². The summed E-state index contributed by atoms with van der Waals surface area (Å²) in [6.07, 6.45) is -3.86. The first-order valence-corrected chi connectivity index (χ1v) is 5.69. The fraction of sp³-hybridized carbons (Fsp3) is 0.364. The third-order valence-corrected chi connectivity index (χ3v) is 2.64. The fourth-order valence-electron chi connectivity index (χ4n) is 1.13. The second-order valence-electron chi connectivity index (χ2n) is 3.33. The van der Waals surface area contributed by atoms with E-state index in [1.54, 1.807) is 6.92 Å². The van der Waals surface area contributed by atoms with Crippen molar-refractivity contribution in [3.63, 3.8) is 0 Å². The van der Waals surface area contributed by atoms with Gasteiger partial charge in [-0.1, -0.05) is 6.92 Å². The zero-order valence-electron chi connectivity index (χ0n) is 8.97. The summed E-state index contributed by atoms with van der Waals surface area (Å²) in [7, 11) is 0. The van der Waals surface area contributed by atoms with Crippen LogP contribution >= 0.6 is 15.9 Å². The maximum Gasteiger partial charge on any atom is 0.416 e. The van der Waals surface area contributed by atoms with E-state index in [2.05, 4.69) is 15.9 Å². The number of hydrogen-bond donors (Lipinski definition) is 0. The third kappa shape index (κ3) is 3.73. The summed E-state index contributed by atoms with van der Waals surface area (Å²) in [5.74, 6) is -0.759. The third-order valence-electron chi connectivity index (χ3n) is 1.95. The molecule has 6 heteroatoms. The number of carbonyl (C=O) groups is 1. The van der Waals surface area contributed by atoms with E-state index in [1.165, 1.54) is 6.07 Å². The van der Waals surface area contributed by atoms with Gasteiger partial charge < -0.3 is 4.74 Å². The van der Waals surface area contributed by atoms with Crippen LogP contribution in [-0.2, 0) is 10.9 Å². The molecule has 2 nitrogen and oxygen atoms in total. The molecule has 0 amide bonds. The van der Waals surface area contributed by atoms with Gasteiger partial charge in [0.15, 0.2) is 0 Å². The molecule has 0 heterocycles. The normalized spacial score (nSPS) is 11.4. The second kappa shape index (κ2) is 5.53. The van der Waals surface area contributed by atoms with Crippen molar-refractivity contribution in [3.05, 3.63) is 33.8 Å². The Morgan fingerprint density at radius 3 is 2.59 bits per heavy atom. The van der Waals surface area contributed by atoms with Crippen LogP contribution in [-0.4, -0.2) is 12.6 Å². The molecule has 1 aromatic rings. The van der Waals surface area contributed by atoms with Gasteiger partial charge in [-0.2, -0.15) is 13.2 Å². The number of alkyl halides is 3. The predicted octanol–water partition coefficient (Wildman–Crippen LogP) is 4.03. The molecule has 0 fully saturated rings. The van der Waals surface area contributed by atoms with Gasteiger partial charge in [0, 0.05) is 4.47 Å². The lowest BCUT2D eigenvalue weighted by atomic mass is 10.1. The molecule has 0 spiro atoms. The molecule has 0 aromatic heterocycles. The molecule has 0 unspecified atom stereocenters. The Hall–Kier alpha value is -1.04. The number of carbonyl (C=O) groups excluding carboxylic acids is 1. The van der Waals surface area contributed by atoms with Gasteiger partial charge in [-0.15, -0.1) is 0 Å². The van der Waals surface area contributed by atoms with Crippen LogP contribution in [0.3, 0.4) is 0 Å².